The molecule has 0 unspecified atom stereocenters. The fourth-order valence-corrected chi connectivity index (χ4v) is 2.70. The van der Waals surface area contributed by atoms with Crippen molar-refractivity contribution in [3.63, 3.8) is 0 Å². The summed E-state index contributed by atoms with van der Waals surface area (Å²) in [5, 5.41) is 26.3. The minimum Gasteiger partial charge on any atom is -0.478 e. The third-order valence-corrected chi connectivity index (χ3v) is 4.19. The zero-order valence-electron chi connectivity index (χ0n) is 14.3. The first-order valence-electron chi connectivity index (χ1n) is 8.23. The van der Waals surface area contributed by atoms with Crippen molar-refractivity contribution in [2.75, 3.05) is 6.61 Å². The van der Waals surface area contributed by atoms with E-state index in [2.05, 4.69) is 16.4 Å². The zero-order valence-corrected chi connectivity index (χ0v) is 14.3. The van der Waals surface area contributed by atoms with Gasteiger partial charge in [0.05, 0.1) is 29.3 Å². The van der Waals surface area contributed by atoms with E-state index in [1.54, 1.807) is 30.3 Å². The van der Waals surface area contributed by atoms with E-state index in [0.717, 1.165) is 28.6 Å². The second-order valence-electron chi connectivity index (χ2n) is 5.94. The van der Waals surface area contributed by atoms with Crippen LogP contribution in [0.15, 0.2) is 36.4 Å². The van der Waals surface area contributed by atoms with Crippen LogP contribution in [0.25, 0.3) is 11.0 Å². The van der Waals surface area contributed by atoms with Gasteiger partial charge in [-0.15, -0.1) is 5.10 Å². The van der Waals surface area contributed by atoms with Crippen molar-refractivity contribution < 1.29 is 14.6 Å². The SMILES string of the molecule is Cc1c(C#N)ccc2c1nnn2CCCOCc1ccc(C(=O)O)cc1. The number of aromatic carboxylic acids is 1. The topological polar surface area (TPSA) is 101 Å². The molecule has 26 heavy (non-hydrogen) atoms. The maximum Gasteiger partial charge on any atom is 0.335 e. The number of carboxylic acid groups (broad SMARTS) is 1. The van der Waals surface area contributed by atoms with Gasteiger partial charge in [0.1, 0.15) is 5.52 Å². The third kappa shape index (κ3) is 3.71. The van der Waals surface area contributed by atoms with Gasteiger partial charge in [0.25, 0.3) is 0 Å². The van der Waals surface area contributed by atoms with Gasteiger partial charge in [0.2, 0.25) is 0 Å². The van der Waals surface area contributed by atoms with Gasteiger partial charge >= 0.3 is 5.97 Å². The molecule has 3 aromatic rings. The van der Waals surface area contributed by atoms with Crippen molar-refractivity contribution >= 4 is 17.0 Å². The van der Waals surface area contributed by atoms with Crippen molar-refractivity contribution in [3.8, 4) is 6.07 Å². The van der Waals surface area contributed by atoms with Crippen molar-refractivity contribution in [1.29, 1.82) is 5.26 Å². The van der Waals surface area contributed by atoms with Gasteiger partial charge in [-0.2, -0.15) is 5.26 Å². The summed E-state index contributed by atoms with van der Waals surface area (Å²) < 4.78 is 7.45. The highest BCUT2D eigenvalue weighted by atomic mass is 16.5. The quantitative estimate of drug-likeness (QED) is 0.658. The highest BCUT2D eigenvalue weighted by Gasteiger charge is 2.10. The summed E-state index contributed by atoms with van der Waals surface area (Å²) >= 11 is 0. The van der Waals surface area contributed by atoms with E-state index >= 15 is 0 Å². The Bertz CT molecular complexity index is 971. The van der Waals surface area contributed by atoms with Crippen LogP contribution >= 0.6 is 0 Å². The Morgan fingerprint density at radius 1 is 1.27 bits per heavy atom. The number of aryl methyl sites for hydroxylation is 2. The van der Waals surface area contributed by atoms with Crippen LogP contribution in [-0.4, -0.2) is 32.7 Å². The lowest BCUT2D eigenvalue weighted by molar-refractivity contribution is 0.0696. The van der Waals surface area contributed by atoms with Crippen LogP contribution in [0.2, 0.25) is 0 Å². The second kappa shape index (κ2) is 7.76. The van der Waals surface area contributed by atoms with Crippen LogP contribution in [0.3, 0.4) is 0 Å². The van der Waals surface area contributed by atoms with Crippen LogP contribution in [0.5, 0.6) is 0 Å². The maximum atomic E-state index is 10.8. The van der Waals surface area contributed by atoms with Crippen LogP contribution in [0, 0.1) is 18.3 Å². The Balaban J connectivity index is 1.51. The van der Waals surface area contributed by atoms with Crippen LogP contribution in [-0.2, 0) is 17.9 Å². The minimum absolute atomic E-state index is 0.265. The van der Waals surface area contributed by atoms with Gasteiger partial charge in [-0.25, -0.2) is 9.48 Å². The Hall–Kier alpha value is -3.24. The lowest BCUT2D eigenvalue weighted by Gasteiger charge is -2.06. The van der Waals surface area contributed by atoms with Crippen LogP contribution in [0.4, 0.5) is 0 Å². The molecule has 2 aromatic carbocycles. The molecule has 132 valence electrons. The first-order valence-corrected chi connectivity index (χ1v) is 8.23. The lowest BCUT2D eigenvalue weighted by Crippen LogP contribution is -2.05. The molecule has 0 amide bonds. The Morgan fingerprint density at radius 2 is 2.04 bits per heavy atom. The largest absolute Gasteiger partial charge is 0.478 e. The molecule has 1 N–H and O–H groups in total. The number of aromatic nitrogens is 3. The number of nitriles is 1. The van der Waals surface area contributed by atoms with Gasteiger partial charge in [-0.3, -0.25) is 0 Å². The summed E-state index contributed by atoms with van der Waals surface area (Å²) in [4.78, 5) is 10.8. The van der Waals surface area contributed by atoms with Gasteiger partial charge < -0.3 is 9.84 Å². The Morgan fingerprint density at radius 3 is 2.73 bits per heavy atom. The minimum atomic E-state index is -0.936. The van der Waals surface area contributed by atoms with E-state index in [9.17, 15) is 4.79 Å². The van der Waals surface area contributed by atoms with Crippen LogP contribution < -0.4 is 0 Å². The van der Waals surface area contributed by atoms with E-state index in [4.69, 9.17) is 15.1 Å². The molecule has 0 bridgehead atoms. The van der Waals surface area contributed by atoms with E-state index in [0.29, 0.717) is 25.3 Å². The number of ether oxygens (including phenoxy) is 1. The molecule has 1 aromatic heterocycles. The van der Waals surface area contributed by atoms with Gasteiger partial charge in [-0.1, -0.05) is 17.3 Å². The first kappa shape index (κ1) is 17.6. The monoisotopic (exact) mass is 350 g/mol. The molecule has 7 heteroatoms. The van der Waals surface area contributed by atoms with E-state index in [-0.39, 0.29) is 5.56 Å². The molecule has 0 spiro atoms. The van der Waals surface area contributed by atoms with Crippen molar-refractivity contribution in [1.82, 2.24) is 15.0 Å². The average molecular weight is 350 g/mol. The summed E-state index contributed by atoms with van der Waals surface area (Å²) in [6.07, 6.45) is 0.769. The number of benzene rings is 2. The fraction of sp³-hybridized carbons (Fsp3) is 0.263. The fourth-order valence-electron chi connectivity index (χ4n) is 2.70. The summed E-state index contributed by atoms with van der Waals surface area (Å²) in [7, 11) is 0. The molecule has 1 heterocycles. The second-order valence-corrected chi connectivity index (χ2v) is 5.94. The highest BCUT2D eigenvalue weighted by Crippen LogP contribution is 2.19. The maximum absolute atomic E-state index is 10.8. The molecule has 7 nitrogen and oxygen atoms in total. The predicted octanol–water partition coefficient (Wildman–Crippen LogP) is 2.92. The first-order chi connectivity index (χ1) is 12.6. The zero-order chi connectivity index (χ0) is 18.5. The molecule has 0 atom stereocenters. The number of fused-ring (bicyclic) bond motifs is 1. The van der Waals surface area contributed by atoms with E-state index < -0.39 is 5.97 Å². The third-order valence-electron chi connectivity index (χ3n) is 4.19. The van der Waals surface area contributed by atoms with Gasteiger partial charge in [0.15, 0.2) is 0 Å². The molecule has 0 saturated heterocycles. The number of hydrogen-bond acceptors (Lipinski definition) is 5. The van der Waals surface area contributed by atoms with E-state index in [1.807, 2.05) is 17.7 Å². The normalized spacial score (nSPS) is 10.8. The molecule has 0 radical (unpaired) electrons. The lowest BCUT2D eigenvalue weighted by atomic mass is 10.1. The number of rotatable bonds is 7. The summed E-state index contributed by atoms with van der Waals surface area (Å²) in [5.74, 6) is -0.936. The predicted molar refractivity (Wildman–Crippen MR) is 94.7 cm³/mol. The Kier molecular flexibility index (Phi) is 5.25. The van der Waals surface area contributed by atoms with Crippen molar-refractivity contribution in [2.24, 2.45) is 0 Å². The van der Waals surface area contributed by atoms with Crippen molar-refractivity contribution in [3.05, 3.63) is 58.7 Å². The summed E-state index contributed by atoms with van der Waals surface area (Å²) in [6.45, 7) is 3.53. The molecule has 0 fully saturated rings. The highest BCUT2D eigenvalue weighted by molar-refractivity contribution is 5.87. The van der Waals surface area contributed by atoms with Crippen LogP contribution in [0.1, 0.15) is 33.5 Å². The number of carbonyl (C=O) groups is 1. The molecule has 0 aliphatic rings. The summed E-state index contributed by atoms with van der Waals surface area (Å²) in [5.41, 5.74) is 4.32. The molecule has 0 aliphatic heterocycles. The summed E-state index contributed by atoms with van der Waals surface area (Å²) in [6, 6.07) is 12.5. The van der Waals surface area contributed by atoms with Gasteiger partial charge in [-0.05, 0) is 48.7 Å². The standard InChI is InChI=1S/C19H18N4O3/c1-13-16(11-20)7-8-17-18(13)21-22-23(17)9-2-10-26-12-14-3-5-15(6-4-14)19(24)25/h3-8H,2,9-10,12H2,1H3,(H,24,25). The number of hydrogen-bond donors (Lipinski definition) is 1. The van der Waals surface area contributed by atoms with Gasteiger partial charge in [0, 0.05) is 13.2 Å². The Labute approximate surface area is 150 Å². The molecule has 0 saturated carbocycles. The molecular formula is C19H18N4O3. The number of nitrogens with zero attached hydrogens (tertiary/aromatic N) is 4. The molecular weight excluding hydrogens is 332 g/mol. The smallest absolute Gasteiger partial charge is 0.335 e. The molecule has 3 rings (SSSR count). The average Bonchev–Trinajstić information content (AvgIpc) is 3.06. The van der Waals surface area contributed by atoms with E-state index in [1.165, 1.54) is 0 Å². The van der Waals surface area contributed by atoms with Crippen molar-refractivity contribution in [2.45, 2.75) is 26.5 Å². The molecule has 0 aliphatic carbocycles. The number of carboxylic acids is 1.